The van der Waals surface area contributed by atoms with Crippen LogP contribution in [0.5, 0.6) is 5.75 Å². The van der Waals surface area contributed by atoms with E-state index in [1.165, 1.54) is 31.5 Å². The van der Waals surface area contributed by atoms with Gasteiger partial charge >= 0.3 is 0 Å². The molecule has 0 bridgehead atoms. The van der Waals surface area contributed by atoms with Gasteiger partial charge in [0.05, 0.1) is 28.9 Å². The molecule has 0 aliphatic carbocycles. The van der Waals surface area contributed by atoms with Crippen LogP contribution in [0.25, 0.3) is 11.3 Å². The molecule has 0 saturated heterocycles. The number of nitrogens with zero attached hydrogens (tertiary/aromatic N) is 2. The number of aryl methyl sites for hydroxylation is 1. The quantitative estimate of drug-likeness (QED) is 0.198. The van der Waals surface area contributed by atoms with E-state index in [4.69, 9.17) is 32.4 Å². The number of nitrogens with one attached hydrogen (secondary N) is 1. The Kier molecular flexibility index (Phi) is 8.41. The molecule has 0 aliphatic heterocycles. The van der Waals surface area contributed by atoms with E-state index in [0.29, 0.717) is 32.9 Å². The van der Waals surface area contributed by atoms with Gasteiger partial charge in [-0.05, 0) is 61.5 Å². The van der Waals surface area contributed by atoms with E-state index >= 15 is 0 Å². The van der Waals surface area contributed by atoms with Gasteiger partial charge in [-0.2, -0.15) is 5.10 Å². The van der Waals surface area contributed by atoms with Crippen molar-refractivity contribution in [3.05, 3.63) is 100 Å². The van der Waals surface area contributed by atoms with Gasteiger partial charge in [-0.25, -0.2) is 13.8 Å². The van der Waals surface area contributed by atoms with Gasteiger partial charge in [-0.15, -0.1) is 0 Å². The Labute approximate surface area is 230 Å². The molecule has 1 heterocycles. The number of hydrogen-bond donors (Lipinski definition) is 1. The van der Waals surface area contributed by atoms with E-state index < -0.39 is 22.5 Å². The van der Waals surface area contributed by atoms with Crippen LogP contribution in [-0.4, -0.2) is 34.2 Å². The third-order valence-electron chi connectivity index (χ3n) is 5.44. The molecule has 3 aromatic carbocycles. The average molecular weight is 572 g/mol. The molecule has 0 spiro atoms. The van der Waals surface area contributed by atoms with Gasteiger partial charge in [-0.1, -0.05) is 47.0 Å². The molecule has 1 amide bonds. The standard InChI is InChI=1S/C27H23Cl2N3O5S/c1-18-6-10-23(11-7-18)38(34,35)32(20-4-3-5-21(15-20)36-2)17-27(33)31-30-16-22-9-13-26(37-22)24-12-8-19(28)14-25(24)29/h3-16H,17H2,1-2H3,(H,31,33)/b30-16-. The lowest BCUT2D eigenvalue weighted by Crippen LogP contribution is -2.39. The molecule has 11 heteroatoms. The van der Waals surface area contributed by atoms with Crippen molar-refractivity contribution >= 4 is 51.0 Å². The van der Waals surface area contributed by atoms with Crippen LogP contribution in [0.4, 0.5) is 5.69 Å². The number of halogens is 2. The largest absolute Gasteiger partial charge is 0.497 e. The van der Waals surface area contributed by atoms with Crippen molar-refractivity contribution in [2.75, 3.05) is 18.0 Å². The first-order valence-corrected chi connectivity index (χ1v) is 13.5. The molecule has 0 atom stereocenters. The maximum absolute atomic E-state index is 13.5. The maximum atomic E-state index is 13.5. The Hall–Kier alpha value is -3.79. The van der Waals surface area contributed by atoms with E-state index in [2.05, 4.69) is 10.5 Å². The molecule has 0 fully saturated rings. The second-order valence-electron chi connectivity index (χ2n) is 8.15. The highest BCUT2D eigenvalue weighted by Gasteiger charge is 2.27. The van der Waals surface area contributed by atoms with Crippen LogP contribution in [0.1, 0.15) is 11.3 Å². The van der Waals surface area contributed by atoms with E-state index in [-0.39, 0.29) is 10.6 Å². The van der Waals surface area contributed by atoms with Crippen molar-refractivity contribution in [2.24, 2.45) is 5.10 Å². The summed E-state index contributed by atoms with van der Waals surface area (Å²) in [6.07, 6.45) is 1.30. The summed E-state index contributed by atoms with van der Waals surface area (Å²) >= 11 is 12.2. The van der Waals surface area contributed by atoms with E-state index in [9.17, 15) is 13.2 Å². The van der Waals surface area contributed by atoms with E-state index in [0.717, 1.165) is 9.87 Å². The minimum Gasteiger partial charge on any atom is -0.497 e. The molecule has 0 aliphatic rings. The van der Waals surface area contributed by atoms with Crippen LogP contribution in [0.15, 0.2) is 93.3 Å². The predicted octanol–water partition coefficient (Wildman–Crippen LogP) is 5.92. The Bertz CT molecular complexity index is 1580. The first kappa shape index (κ1) is 27.3. The lowest BCUT2D eigenvalue weighted by Gasteiger charge is -2.24. The van der Waals surface area contributed by atoms with Crippen LogP contribution < -0.4 is 14.5 Å². The van der Waals surface area contributed by atoms with E-state index in [1.54, 1.807) is 60.7 Å². The number of furan rings is 1. The highest BCUT2D eigenvalue weighted by molar-refractivity contribution is 7.92. The third-order valence-corrected chi connectivity index (χ3v) is 7.78. The second kappa shape index (κ2) is 11.7. The summed E-state index contributed by atoms with van der Waals surface area (Å²) in [4.78, 5) is 12.8. The van der Waals surface area contributed by atoms with E-state index in [1.807, 2.05) is 6.92 Å². The molecule has 0 saturated carbocycles. The Morgan fingerprint density at radius 3 is 2.53 bits per heavy atom. The summed E-state index contributed by atoms with van der Waals surface area (Å²) in [5.74, 6) is 0.628. The number of rotatable bonds is 9. The van der Waals surface area contributed by atoms with Gasteiger partial charge in [0.25, 0.3) is 15.9 Å². The lowest BCUT2D eigenvalue weighted by molar-refractivity contribution is -0.119. The van der Waals surface area contributed by atoms with Crippen LogP contribution in [0.2, 0.25) is 10.0 Å². The monoisotopic (exact) mass is 571 g/mol. The number of methoxy groups -OCH3 is 1. The number of carbonyl (C=O) groups is 1. The molecule has 8 nitrogen and oxygen atoms in total. The zero-order valence-corrected chi connectivity index (χ0v) is 22.7. The van der Waals surface area contributed by atoms with Gasteiger partial charge < -0.3 is 9.15 Å². The highest BCUT2D eigenvalue weighted by atomic mass is 35.5. The van der Waals surface area contributed by atoms with Gasteiger partial charge in [-0.3, -0.25) is 9.10 Å². The zero-order valence-electron chi connectivity index (χ0n) is 20.4. The average Bonchev–Trinajstić information content (AvgIpc) is 3.36. The first-order valence-electron chi connectivity index (χ1n) is 11.3. The fourth-order valence-electron chi connectivity index (χ4n) is 3.51. The lowest BCUT2D eigenvalue weighted by atomic mass is 10.2. The summed E-state index contributed by atoms with van der Waals surface area (Å²) < 4.78 is 38.9. The third kappa shape index (κ3) is 6.36. The molecule has 1 aromatic heterocycles. The summed E-state index contributed by atoms with van der Waals surface area (Å²) in [5.41, 5.74) is 4.17. The topological polar surface area (TPSA) is 101 Å². The van der Waals surface area contributed by atoms with Gasteiger partial charge in [0.2, 0.25) is 0 Å². The minimum absolute atomic E-state index is 0.0474. The molecule has 38 heavy (non-hydrogen) atoms. The minimum atomic E-state index is -4.08. The normalized spacial score (nSPS) is 11.5. The Morgan fingerprint density at radius 1 is 1.05 bits per heavy atom. The Morgan fingerprint density at radius 2 is 1.82 bits per heavy atom. The zero-order chi connectivity index (χ0) is 27.3. The van der Waals surface area contributed by atoms with Crippen molar-refractivity contribution in [2.45, 2.75) is 11.8 Å². The summed E-state index contributed by atoms with van der Waals surface area (Å²) in [7, 11) is -2.61. The van der Waals surface area contributed by atoms with Crippen molar-refractivity contribution in [3.63, 3.8) is 0 Å². The summed E-state index contributed by atoms with van der Waals surface area (Å²) in [6, 6.07) is 21.2. The second-order valence-corrected chi connectivity index (χ2v) is 10.9. The predicted molar refractivity (Wildman–Crippen MR) is 149 cm³/mol. The molecular formula is C27H23Cl2N3O5S. The number of ether oxygens (including phenoxy) is 1. The fourth-order valence-corrected chi connectivity index (χ4v) is 5.42. The van der Waals surface area contributed by atoms with Crippen LogP contribution in [0.3, 0.4) is 0 Å². The van der Waals surface area contributed by atoms with Crippen molar-refractivity contribution in [1.29, 1.82) is 0 Å². The molecule has 196 valence electrons. The number of benzene rings is 3. The number of amides is 1. The van der Waals surface area contributed by atoms with Crippen molar-refractivity contribution < 1.29 is 22.4 Å². The van der Waals surface area contributed by atoms with Crippen LogP contribution in [0, 0.1) is 6.92 Å². The summed E-state index contributed by atoms with van der Waals surface area (Å²) in [6.45, 7) is 1.33. The van der Waals surface area contributed by atoms with Gasteiger partial charge in [0, 0.05) is 16.7 Å². The molecule has 4 aromatic rings. The van der Waals surface area contributed by atoms with Gasteiger partial charge in [0.1, 0.15) is 23.8 Å². The van der Waals surface area contributed by atoms with Crippen molar-refractivity contribution in [3.8, 4) is 17.1 Å². The fraction of sp³-hybridized carbons (Fsp3) is 0.111. The highest BCUT2D eigenvalue weighted by Crippen LogP contribution is 2.31. The molecule has 1 N–H and O–H groups in total. The SMILES string of the molecule is COc1cccc(N(CC(=O)N/N=C\c2ccc(-c3ccc(Cl)cc3Cl)o2)S(=O)(=O)c2ccc(C)cc2)c1. The molecular weight excluding hydrogens is 549 g/mol. The first-order chi connectivity index (χ1) is 18.2. The molecule has 0 unspecified atom stereocenters. The number of hydrazone groups is 1. The van der Waals surface area contributed by atoms with Crippen LogP contribution >= 0.6 is 23.2 Å². The number of anilines is 1. The maximum Gasteiger partial charge on any atom is 0.264 e. The number of sulfonamides is 1. The van der Waals surface area contributed by atoms with Crippen LogP contribution in [-0.2, 0) is 14.8 Å². The number of carbonyl (C=O) groups excluding carboxylic acids is 1. The van der Waals surface area contributed by atoms with Crippen molar-refractivity contribution in [1.82, 2.24) is 5.43 Å². The van der Waals surface area contributed by atoms with Gasteiger partial charge in [0.15, 0.2) is 0 Å². The smallest absolute Gasteiger partial charge is 0.264 e. The Balaban J connectivity index is 1.52. The summed E-state index contributed by atoms with van der Waals surface area (Å²) in [5, 5.41) is 4.84. The molecule has 4 rings (SSSR count). The molecule has 0 radical (unpaired) electrons. The number of hydrogen-bond acceptors (Lipinski definition) is 6.